The number of methoxy groups -OCH3 is 5. The molecule has 1 heterocycles. The second-order valence-corrected chi connectivity index (χ2v) is 8.55. The summed E-state index contributed by atoms with van der Waals surface area (Å²) in [6.07, 6.45) is 4.21. The molecule has 8 nitrogen and oxygen atoms in total. The SMILES string of the molecule is CCOC1C(OC)CC(C2CC(C3CC(OC)C(OC)C(OC)C3)=NO2)CC1OC. The summed E-state index contributed by atoms with van der Waals surface area (Å²) >= 11 is 0. The molecule has 1 aliphatic heterocycles. The lowest BCUT2D eigenvalue weighted by Gasteiger charge is -2.41. The summed E-state index contributed by atoms with van der Waals surface area (Å²) in [5, 5.41) is 4.51. The average Bonchev–Trinajstić information content (AvgIpc) is 3.28. The third kappa shape index (κ3) is 5.00. The van der Waals surface area contributed by atoms with Crippen LogP contribution in [0.4, 0.5) is 0 Å². The molecule has 3 rings (SSSR count). The molecule has 5 unspecified atom stereocenters. The quantitative estimate of drug-likeness (QED) is 0.557. The van der Waals surface area contributed by atoms with E-state index in [9.17, 15) is 0 Å². The first kappa shape index (κ1) is 23.9. The lowest BCUT2D eigenvalue weighted by atomic mass is 9.75. The van der Waals surface area contributed by atoms with Gasteiger partial charge in [0.25, 0.3) is 0 Å². The molecule has 30 heavy (non-hydrogen) atoms. The van der Waals surface area contributed by atoms with E-state index in [1.165, 1.54) is 0 Å². The van der Waals surface area contributed by atoms with Crippen LogP contribution in [0.2, 0.25) is 0 Å². The topological polar surface area (TPSA) is 77.0 Å². The number of nitrogens with zero attached hydrogens (tertiary/aromatic N) is 1. The second kappa shape index (κ2) is 11.2. The van der Waals surface area contributed by atoms with E-state index in [2.05, 4.69) is 5.16 Å². The van der Waals surface area contributed by atoms with Crippen LogP contribution in [-0.4, -0.2) is 90.6 Å². The second-order valence-electron chi connectivity index (χ2n) is 8.55. The molecule has 0 amide bonds. The Bertz CT molecular complexity index is 532. The van der Waals surface area contributed by atoms with Crippen molar-refractivity contribution in [3.05, 3.63) is 0 Å². The van der Waals surface area contributed by atoms with Crippen molar-refractivity contribution in [2.24, 2.45) is 17.0 Å². The van der Waals surface area contributed by atoms with Crippen LogP contribution in [-0.2, 0) is 33.3 Å². The molecule has 0 bridgehead atoms. The van der Waals surface area contributed by atoms with Gasteiger partial charge in [0.05, 0.1) is 30.1 Å². The average molecular weight is 430 g/mol. The molecule has 0 aromatic carbocycles. The summed E-state index contributed by atoms with van der Waals surface area (Å²) in [4.78, 5) is 5.95. The fourth-order valence-corrected chi connectivity index (χ4v) is 5.48. The van der Waals surface area contributed by atoms with E-state index in [-0.39, 0.29) is 48.6 Å². The molecule has 0 spiro atoms. The standard InChI is InChI=1S/C22H39NO7/c1-7-29-22-19(26-4)10-14(11-20(22)27-5)16-12-15(23-30-16)13-8-17(24-2)21(28-6)18(9-13)25-3/h13-14,16-22H,7-12H2,1-6H3. The number of ether oxygens (including phenoxy) is 6. The fourth-order valence-electron chi connectivity index (χ4n) is 5.48. The number of rotatable bonds is 9. The maximum Gasteiger partial charge on any atom is 0.135 e. The minimum atomic E-state index is -0.0614. The summed E-state index contributed by atoms with van der Waals surface area (Å²) in [7, 11) is 8.66. The zero-order valence-corrected chi connectivity index (χ0v) is 19.2. The smallest absolute Gasteiger partial charge is 0.135 e. The predicted molar refractivity (Wildman–Crippen MR) is 112 cm³/mol. The van der Waals surface area contributed by atoms with Gasteiger partial charge in [-0.1, -0.05) is 5.16 Å². The van der Waals surface area contributed by atoms with Gasteiger partial charge in [-0.2, -0.15) is 0 Å². The van der Waals surface area contributed by atoms with E-state index >= 15 is 0 Å². The Morgan fingerprint density at radius 1 is 0.767 bits per heavy atom. The van der Waals surface area contributed by atoms with Crippen molar-refractivity contribution in [3.8, 4) is 0 Å². The van der Waals surface area contributed by atoms with E-state index < -0.39 is 0 Å². The first-order valence-corrected chi connectivity index (χ1v) is 11.1. The molecule has 3 aliphatic rings. The molecular formula is C22H39NO7. The van der Waals surface area contributed by atoms with Gasteiger partial charge in [-0.3, -0.25) is 0 Å². The Morgan fingerprint density at radius 2 is 1.30 bits per heavy atom. The van der Waals surface area contributed by atoms with Crippen molar-refractivity contribution >= 4 is 5.71 Å². The molecule has 8 heteroatoms. The lowest BCUT2D eigenvalue weighted by Crippen LogP contribution is -2.50. The number of hydrogen-bond acceptors (Lipinski definition) is 8. The molecule has 2 saturated carbocycles. The third-order valence-electron chi connectivity index (χ3n) is 7.12. The van der Waals surface area contributed by atoms with Crippen molar-refractivity contribution < 1.29 is 33.3 Å². The molecule has 0 saturated heterocycles. The van der Waals surface area contributed by atoms with E-state index in [0.29, 0.717) is 12.5 Å². The van der Waals surface area contributed by atoms with Crippen LogP contribution in [0, 0.1) is 11.8 Å². The zero-order valence-electron chi connectivity index (χ0n) is 19.2. The highest BCUT2D eigenvalue weighted by atomic mass is 16.6. The van der Waals surface area contributed by atoms with Gasteiger partial charge in [0.15, 0.2) is 0 Å². The number of oxime groups is 1. The monoisotopic (exact) mass is 429 g/mol. The maximum absolute atomic E-state index is 5.95. The molecule has 0 N–H and O–H groups in total. The summed E-state index contributed by atoms with van der Waals surface area (Å²) < 4.78 is 34.5. The largest absolute Gasteiger partial charge is 0.392 e. The van der Waals surface area contributed by atoms with Crippen LogP contribution in [0.5, 0.6) is 0 Å². The third-order valence-corrected chi connectivity index (χ3v) is 7.12. The molecule has 0 radical (unpaired) electrons. The molecule has 5 atom stereocenters. The lowest BCUT2D eigenvalue weighted by molar-refractivity contribution is -0.162. The molecule has 2 fully saturated rings. The van der Waals surface area contributed by atoms with Crippen molar-refractivity contribution in [3.63, 3.8) is 0 Å². The summed E-state index contributed by atoms with van der Waals surface area (Å²) in [6, 6.07) is 0. The van der Waals surface area contributed by atoms with Crippen molar-refractivity contribution in [1.29, 1.82) is 0 Å². The van der Waals surface area contributed by atoms with Crippen LogP contribution < -0.4 is 0 Å². The van der Waals surface area contributed by atoms with Crippen LogP contribution >= 0.6 is 0 Å². The van der Waals surface area contributed by atoms with Gasteiger partial charge in [-0.25, -0.2) is 0 Å². The van der Waals surface area contributed by atoms with Gasteiger partial charge in [0.1, 0.15) is 18.3 Å². The van der Waals surface area contributed by atoms with Gasteiger partial charge >= 0.3 is 0 Å². The van der Waals surface area contributed by atoms with Crippen LogP contribution in [0.25, 0.3) is 0 Å². The zero-order chi connectivity index (χ0) is 21.7. The van der Waals surface area contributed by atoms with Crippen LogP contribution in [0.15, 0.2) is 5.16 Å². The predicted octanol–water partition coefficient (Wildman–Crippen LogP) is 2.43. The normalized spacial score (nSPS) is 42.1. The van der Waals surface area contributed by atoms with Gasteiger partial charge in [-0.05, 0) is 32.6 Å². The summed E-state index contributed by atoms with van der Waals surface area (Å²) in [6.45, 7) is 2.65. The Labute approximate surface area is 180 Å². The number of hydrogen-bond donors (Lipinski definition) is 0. The minimum absolute atomic E-state index is 0.00538. The van der Waals surface area contributed by atoms with Gasteiger partial charge in [-0.15, -0.1) is 0 Å². The van der Waals surface area contributed by atoms with Crippen LogP contribution in [0.3, 0.4) is 0 Å². The highest BCUT2D eigenvalue weighted by Crippen LogP contribution is 2.39. The Kier molecular flexibility index (Phi) is 8.92. The molecule has 174 valence electrons. The Hall–Kier alpha value is -0.770. The van der Waals surface area contributed by atoms with Crippen molar-refractivity contribution in [1.82, 2.24) is 0 Å². The van der Waals surface area contributed by atoms with Gasteiger partial charge in [0.2, 0.25) is 0 Å². The fraction of sp³-hybridized carbons (Fsp3) is 0.955. The van der Waals surface area contributed by atoms with E-state index in [4.69, 9.17) is 33.3 Å². The molecule has 2 aliphatic carbocycles. The van der Waals surface area contributed by atoms with E-state index in [0.717, 1.165) is 37.8 Å². The molecule has 0 aromatic heterocycles. The summed E-state index contributed by atoms with van der Waals surface area (Å²) in [5.41, 5.74) is 1.11. The van der Waals surface area contributed by atoms with Gasteiger partial charge in [0, 0.05) is 60.4 Å². The van der Waals surface area contributed by atoms with Crippen molar-refractivity contribution in [2.75, 3.05) is 42.2 Å². The summed E-state index contributed by atoms with van der Waals surface area (Å²) in [5.74, 6) is 0.581. The van der Waals surface area contributed by atoms with Crippen molar-refractivity contribution in [2.45, 2.75) is 81.8 Å². The highest BCUT2D eigenvalue weighted by molar-refractivity contribution is 5.88. The van der Waals surface area contributed by atoms with Gasteiger partial charge < -0.3 is 33.3 Å². The Balaban J connectivity index is 1.63. The molecular weight excluding hydrogens is 390 g/mol. The van der Waals surface area contributed by atoms with E-state index in [1.54, 1.807) is 35.5 Å². The highest BCUT2D eigenvalue weighted by Gasteiger charge is 2.46. The maximum atomic E-state index is 5.95. The molecule has 0 aromatic rings. The first-order valence-electron chi connectivity index (χ1n) is 11.1. The first-order chi connectivity index (χ1) is 14.6. The van der Waals surface area contributed by atoms with E-state index in [1.807, 2.05) is 6.92 Å². The minimum Gasteiger partial charge on any atom is -0.392 e. The van der Waals surface area contributed by atoms with Crippen LogP contribution in [0.1, 0.15) is 39.0 Å². The Morgan fingerprint density at radius 3 is 1.77 bits per heavy atom.